The summed E-state index contributed by atoms with van der Waals surface area (Å²) in [5.74, 6) is 0.752. The third kappa shape index (κ3) is 2.91. The van der Waals surface area contributed by atoms with Gasteiger partial charge in [-0.25, -0.2) is 0 Å². The number of benzene rings is 2. The highest BCUT2D eigenvalue weighted by molar-refractivity contribution is 9.10. The van der Waals surface area contributed by atoms with Crippen LogP contribution in [0.2, 0.25) is 0 Å². The molecular formula is C13H13BrN2O. The molecule has 3 nitrogen and oxygen atoms in total. The molecule has 0 aliphatic rings. The summed E-state index contributed by atoms with van der Waals surface area (Å²) in [6.07, 6.45) is 0. The number of hydrogen-bond donors (Lipinski definition) is 2. The standard InChI is InChI=1S/C13H13BrN2O/c1-17-11-5-6-13(12(15)8-11)16-10-4-2-3-9(14)7-10/h2-8,16H,15H2,1H3. The van der Waals surface area contributed by atoms with E-state index < -0.39 is 0 Å². The van der Waals surface area contributed by atoms with E-state index in [0.717, 1.165) is 21.6 Å². The first-order valence-electron chi connectivity index (χ1n) is 5.15. The van der Waals surface area contributed by atoms with Crippen molar-refractivity contribution in [2.24, 2.45) is 0 Å². The first-order chi connectivity index (χ1) is 8.19. The highest BCUT2D eigenvalue weighted by atomic mass is 79.9. The van der Waals surface area contributed by atoms with Crippen LogP contribution in [0.1, 0.15) is 0 Å². The Morgan fingerprint density at radius 1 is 1.18 bits per heavy atom. The van der Waals surface area contributed by atoms with Gasteiger partial charge in [-0.2, -0.15) is 0 Å². The zero-order valence-corrected chi connectivity index (χ0v) is 11.0. The molecule has 2 aromatic carbocycles. The molecule has 0 radical (unpaired) electrons. The summed E-state index contributed by atoms with van der Waals surface area (Å²) >= 11 is 3.43. The fourth-order valence-electron chi connectivity index (χ4n) is 1.50. The fraction of sp³-hybridized carbons (Fsp3) is 0.0769. The first-order valence-corrected chi connectivity index (χ1v) is 5.94. The van der Waals surface area contributed by atoms with Gasteiger partial charge in [0.25, 0.3) is 0 Å². The summed E-state index contributed by atoms with van der Waals surface area (Å²) in [5, 5.41) is 3.25. The van der Waals surface area contributed by atoms with Gasteiger partial charge < -0.3 is 15.8 Å². The van der Waals surface area contributed by atoms with Crippen LogP contribution in [0.5, 0.6) is 5.75 Å². The summed E-state index contributed by atoms with van der Waals surface area (Å²) in [4.78, 5) is 0. The molecule has 0 aliphatic heterocycles. The topological polar surface area (TPSA) is 47.3 Å². The second kappa shape index (κ2) is 5.10. The summed E-state index contributed by atoms with van der Waals surface area (Å²) < 4.78 is 6.13. The average Bonchev–Trinajstić information content (AvgIpc) is 2.32. The number of nitrogens with two attached hydrogens (primary N) is 1. The third-order valence-corrected chi connectivity index (χ3v) is 2.86. The van der Waals surface area contributed by atoms with E-state index in [9.17, 15) is 0 Å². The van der Waals surface area contributed by atoms with E-state index in [-0.39, 0.29) is 0 Å². The number of anilines is 3. The van der Waals surface area contributed by atoms with Gasteiger partial charge >= 0.3 is 0 Å². The predicted octanol–water partition coefficient (Wildman–Crippen LogP) is 3.78. The van der Waals surface area contributed by atoms with Crippen LogP contribution in [0, 0.1) is 0 Å². The van der Waals surface area contributed by atoms with Gasteiger partial charge in [0.1, 0.15) is 5.75 Å². The van der Waals surface area contributed by atoms with E-state index in [4.69, 9.17) is 10.5 Å². The smallest absolute Gasteiger partial charge is 0.121 e. The molecule has 0 heterocycles. The highest BCUT2D eigenvalue weighted by Gasteiger charge is 2.01. The molecule has 2 rings (SSSR count). The lowest BCUT2D eigenvalue weighted by atomic mass is 10.2. The quantitative estimate of drug-likeness (QED) is 0.847. The van der Waals surface area contributed by atoms with Crippen LogP contribution in [0.3, 0.4) is 0 Å². The summed E-state index contributed by atoms with van der Waals surface area (Å²) in [5.41, 5.74) is 8.43. The number of nitrogen functional groups attached to an aromatic ring is 1. The zero-order valence-electron chi connectivity index (χ0n) is 9.41. The van der Waals surface area contributed by atoms with Crippen molar-refractivity contribution >= 4 is 33.0 Å². The molecule has 0 aliphatic carbocycles. The minimum atomic E-state index is 0.657. The van der Waals surface area contributed by atoms with Gasteiger partial charge in [-0.1, -0.05) is 22.0 Å². The van der Waals surface area contributed by atoms with Crippen molar-refractivity contribution in [3.8, 4) is 5.75 Å². The van der Waals surface area contributed by atoms with Crippen molar-refractivity contribution < 1.29 is 4.74 Å². The average molecular weight is 293 g/mol. The molecule has 0 unspecified atom stereocenters. The van der Waals surface area contributed by atoms with Crippen LogP contribution in [0.25, 0.3) is 0 Å². The molecule has 0 fully saturated rings. The minimum absolute atomic E-state index is 0.657. The van der Waals surface area contributed by atoms with E-state index in [1.807, 2.05) is 36.4 Å². The molecular weight excluding hydrogens is 280 g/mol. The Hall–Kier alpha value is -1.68. The van der Waals surface area contributed by atoms with Crippen LogP contribution in [0.15, 0.2) is 46.9 Å². The molecule has 0 atom stereocenters. The van der Waals surface area contributed by atoms with Crippen molar-refractivity contribution in [1.82, 2.24) is 0 Å². The molecule has 0 saturated heterocycles. The Kier molecular flexibility index (Phi) is 3.54. The number of rotatable bonds is 3. The van der Waals surface area contributed by atoms with E-state index in [2.05, 4.69) is 21.2 Å². The Morgan fingerprint density at radius 3 is 2.65 bits per heavy atom. The Morgan fingerprint density at radius 2 is 2.00 bits per heavy atom. The number of methoxy groups -OCH3 is 1. The lowest BCUT2D eigenvalue weighted by molar-refractivity contribution is 0.415. The highest BCUT2D eigenvalue weighted by Crippen LogP contribution is 2.28. The van der Waals surface area contributed by atoms with E-state index >= 15 is 0 Å². The third-order valence-electron chi connectivity index (χ3n) is 2.36. The normalized spacial score (nSPS) is 10.0. The van der Waals surface area contributed by atoms with Crippen LogP contribution < -0.4 is 15.8 Å². The van der Waals surface area contributed by atoms with Gasteiger partial charge in [0.2, 0.25) is 0 Å². The maximum Gasteiger partial charge on any atom is 0.121 e. The molecule has 0 saturated carbocycles. The molecule has 0 bridgehead atoms. The zero-order chi connectivity index (χ0) is 12.3. The van der Waals surface area contributed by atoms with Gasteiger partial charge in [-0.05, 0) is 30.3 Å². The maximum atomic E-state index is 5.93. The van der Waals surface area contributed by atoms with Crippen molar-refractivity contribution in [2.75, 3.05) is 18.2 Å². The SMILES string of the molecule is COc1ccc(Nc2cccc(Br)c2)c(N)c1. The Balaban J connectivity index is 2.24. The van der Waals surface area contributed by atoms with Gasteiger partial charge in [0.15, 0.2) is 0 Å². The van der Waals surface area contributed by atoms with E-state index in [1.165, 1.54) is 0 Å². The van der Waals surface area contributed by atoms with Crippen molar-refractivity contribution in [1.29, 1.82) is 0 Å². The predicted molar refractivity (Wildman–Crippen MR) is 74.8 cm³/mol. The monoisotopic (exact) mass is 292 g/mol. The molecule has 17 heavy (non-hydrogen) atoms. The number of halogens is 1. The van der Waals surface area contributed by atoms with E-state index in [0.29, 0.717) is 5.69 Å². The maximum absolute atomic E-state index is 5.93. The minimum Gasteiger partial charge on any atom is -0.497 e. The van der Waals surface area contributed by atoms with Gasteiger partial charge in [0.05, 0.1) is 18.5 Å². The van der Waals surface area contributed by atoms with Gasteiger partial charge in [0, 0.05) is 16.2 Å². The largest absolute Gasteiger partial charge is 0.497 e. The summed E-state index contributed by atoms with van der Waals surface area (Å²) in [7, 11) is 1.62. The molecule has 4 heteroatoms. The number of hydrogen-bond acceptors (Lipinski definition) is 3. The number of ether oxygens (including phenoxy) is 1. The van der Waals surface area contributed by atoms with Crippen molar-refractivity contribution in [3.63, 3.8) is 0 Å². The van der Waals surface area contributed by atoms with Crippen LogP contribution in [0.4, 0.5) is 17.1 Å². The van der Waals surface area contributed by atoms with Crippen molar-refractivity contribution in [2.45, 2.75) is 0 Å². The number of nitrogens with one attached hydrogen (secondary N) is 1. The molecule has 2 aromatic rings. The van der Waals surface area contributed by atoms with Crippen molar-refractivity contribution in [3.05, 3.63) is 46.9 Å². The Bertz CT molecular complexity index is 529. The molecule has 0 amide bonds. The molecule has 3 N–H and O–H groups in total. The molecule has 0 aromatic heterocycles. The van der Waals surface area contributed by atoms with Gasteiger partial charge in [-0.3, -0.25) is 0 Å². The van der Waals surface area contributed by atoms with Gasteiger partial charge in [-0.15, -0.1) is 0 Å². The summed E-state index contributed by atoms with van der Waals surface area (Å²) in [6.45, 7) is 0. The second-order valence-corrected chi connectivity index (χ2v) is 4.50. The Labute approximate surface area is 109 Å². The molecule has 0 spiro atoms. The second-order valence-electron chi connectivity index (χ2n) is 3.59. The van der Waals surface area contributed by atoms with E-state index in [1.54, 1.807) is 13.2 Å². The summed E-state index contributed by atoms with van der Waals surface area (Å²) in [6, 6.07) is 13.5. The van der Waals surface area contributed by atoms with Crippen LogP contribution >= 0.6 is 15.9 Å². The fourth-order valence-corrected chi connectivity index (χ4v) is 1.90. The lowest BCUT2D eigenvalue weighted by Gasteiger charge is -2.10. The first kappa shape index (κ1) is 11.8. The van der Waals surface area contributed by atoms with Crippen LogP contribution in [-0.2, 0) is 0 Å². The molecule has 88 valence electrons. The van der Waals surface area contributed by atoms with Crippen LogP contribution in [-0.4, -0.2) is 7.11 Å². The lowest BCUT2D eigenvalue weighted by Crippen LogP contribution is -1.96.